The molecule has 0 saturated heterocycles. The highest BCUT2D eigenvalue weighted by Gasteiger charge is 2.38. The molecule has 0 amide bonds. The molecule has 0 bridgehead atoms. The van der Waals surface area contributed by atoms with E-state index < -0.39 is 17.2 Å². The zero-order chi connectivity index (χ0) is 14.3. The fourth-order valence-electron chi connectivity index (χ4n) is 3.20. The second kappa shape index (κ2) is 4.67. The lowest BCUT2D eigenvalue weighted by molar-refractivity contribution is 0.395. The third-order valence-corrected chi connectivity index (χ3v) is 4.36. The zero-order valence-electron chi connectivity index (χ0n) is 11.4. The van der Waals surface area contributed by atoms with Gasteiger partial charge in [-0.05, 0) is 36.0 Å². The largest absolute Gasteiger partial charge is 0.318 e. The highest BCUT2D eigenvalue weighted by molar-refractivity contribution is 5.46. The normalized spacial score (nSPS) is 25.3. The van der Waals surface area contributed by atoms with E-state index in [-0.39, 0.29) is 0 Å². The van der Waals surface area contributed by atoms with Crippen molar-refractivity contribution in [3.8, 4) is 0 Å². The van der Waals surface area contributed by atoms with E-state index in [0.717, 1.165) is 23.6 Å². The number of halogens is 2. The van der Waals surface area contributed by atoms with Crippen molar-refractivity contribution in [3.05, 3.63) is 70.8 Å². The van der Waals surface area contributed by atoms with Crippen molar-refractivity contribution in [3.63, 3.8) is 0 Å². The molecule has 2 aromatic carbocycles. The van der Waals surface area contributed by atoms with Crippen LogP contribution in [0.15, 0.2) is 42.5 Å². The number of nitrogens with two attached hydrogens (primary N) is 1. The van der Waals surface area contributed by atoms with Crippen LogP contribution in [0.25, 0.3) is 0 Å². The molecule has 0 aromatic heterocycles. The molecule has 2 N–H and O–H groups in total. The van der Waals surface area contributed by atoms with E-state index in [9.17, 15) is 8.78 Å². The molecule has 3 heteroatoms. The molecular weight excluding hydrogens is 256 g/mol. The van der Waals surface area contributed by atoms with Gasteiger partial charge in [0, 0.05) is 11.6 Å². The van der Waals surface area contributed by atoms with Gasteiger partial charge in [0.05, 0.1) is 5.54 Å². The van der Waals surface area contributed by atoms with E-state index in [1.165, 1.54) is 12.1 Å². The summed E-state index contributed by atoms with van der Waals surface area (Å²) in [6, 6.07) is 11.5. The minimum Gasteiger partial charge on any atom is -0.318 e. The number of hydrogen-bond donors (Lipinski definition) is 1. The molecule has 1 aliphatic carbocycles. The summed E-state index contributed by atoms with van der Waals surface area (Å²) in [5.41, 5.74) is 8.15. The molecule has 0 radical (unpaired) electrons. The lowest BCUT2D eigenvalue weighted by atomic mass is 9.69. The minimum atomic E-state index is -0.874. The van der Waals surface area contributed by atoms with Gasteiger partial charge in [-0.1, -0.05) is 37.3 Å². The number of benzene rings is 2. The molecule has 2 aromatic rings. The number of hydrogen-bond acceptors (Lipinski definition) is 1. The molecule has 3 rings (SSSR count). The predicted octanol–water partition coefficient (Wildman–Crippen LogP) is 4.06. The SMILES string of the molecule is CC1CCC(N)(c2ccc(F)cc2F)c2ccccc21. The summed E-state index contributed by atoms with van der Waals surface area (Å²) in [6.07, 6.45) is 1.55. The lowest BCUT2D eigenvalue weighted by Crippen LogP contribution is -2.42. The van der Waals surface area contributed by atoms with E-state index in [0.29, 0.717) is 17.9 Å². The Morgan fingerprint density at radius 1 is 1.10 bits per heavy atom. The van der Waals surface area contributed by atoms with Crippen molar-refractivity contribution in [1.29, 1.82) is 0 Å². The minimum absolute atomic E-state index is 0.373. The first-order valence-electron chi connectivity index (χ1n) is 6.86. The third kappa shape index (κ3) is 1.93. The van der Waals surface area contributed by atoms with Gasteiger partial charge in [-0.25, -0.2) is 8.78 Å². The predicted molar refractivity (Wildman–Crippen MR) is 75.4 cm³/mol. The Hall–Kier alpha value is -1.74. The van der Waals surface area contributed by atoms with E-state index in [1.54, 1.807) is 0 Å². The Bertz CT molecular complexity index is 653. The molecule has 0 aliphatic heterocycles. The smallest absolute Gasteiger partial charge is 0.131 e. The summed E-state index contributed by atoms with van der Waals surface area (Å²) in [5.74, 6) is -0.740. The maximum atomic E-state index is 14.2. The van der Waals surface area contributed by atoms with Gasteiger partial charge in [-0.15, -0.1) is 0 Å². The van der Waals surface area contributed by atoms with Crippen molar-refractivity contribution >= 4 is 0 Å². The van der Waals surface area contributed by atoms with Crippen LogP contribution >= 0.6 is 0 Å². The van der Waals surface area contributed by atoms with Crippen LogP contribution in [-0.4, -0.2) is 0 Å². The lowest BCUT2D eigenvalue weighted by Gasteiger charge is -2.39. The molecule has 2 unspecified atom stereocenters. The molecule has 0 saturated carbocycles. The van der Waals surface area contributed by atoms with Crippen LogP contribution < -0.4 is 5.73 Å². The first-order valence-corrected chi connectivity index (χ1v) is 6.86. The van der Waals surface area contributed by atoms with Crippen molar-refractivity contribution in [2.24, 2.45) is 5.73 Å². The first kappa shape index (κ1) is 13.3. The average Bonchev–Trinajstić information content (AvgIpc) is 2.43. The second-order valence-electron chi connectivity index (χ2n) is 5.62. The molecule has 104 valence electrons. The van der Waals surface area contributed by atoms with Crippen LogP contribution in [0.5, 0.6) is 0 Å². The van der Waals surface area contributed by atoms with Crippen molar-refractivity contribution in [2.75, 3.05) is 0 Å². The molecule has 0 spiro atoms. The zero-order valence-corrected chi connectivity index (χ0v) is 11.4. The summed E-state index contributed by atoms with van der Waals surface area (Å²) in [7, 11) is 0. The summed E-state index contributed by atoms with van der Waals surface area (Å²) in [4.78, 5) is 0. The summed E-state index contributed by atoms with van der Waals surface area (Å²) in [6.45, 7) is 2.15. The van der Waals surface area contributed by atoms with Crippen LogP contribution in [0.2, 0.25) is 0 Å². The Kier molecular flexibility index (Phi) is 3.09. The summed E-state index contributed by atoms with van der Waals surface area (Å²) in [5, 5.41) is 0. The van der Waals surface area contributed by atoms with Gasteiger partial charge in [0.1, 0.15) is 11.6 Å². The Morgan fingerprint density at radius 2 is 1.85 bits per heavy atom. The van der Waals surface area contributed by atoms with Crippen LogP contribution in [0.4, 0.5) is 8.78 Å². The fraction of sp³-hybridized carbons (Fsp3) is 0.294. The van der Waals surface area contributed by atoms with E-state index in [1.807, 2.05) is 24.3 Å². The average molecular weight is 273 g/mol. The third-order valence-electron chi connectivity index (χ3n) is 4.36. The molecule has 20 heavy (non-hydrogen) atoms. The molecule has 0 heterocycles. The summed E-state index contributed by atoms with van der Waals surface area (Å²) < 4.78 is 27.3. The van der Waals surface area contributed by atoms with E-state index in [4.69, 9.17) is 5.73 Å². The second-order valence-corrected chi connectivity index (χ2v) is 5.62. The topological polar surface area (TPSA) is 26.0 Å². The van der Waals surface area contributed by atoms with Gasteiger partial charge in [-0.3, -0.25) is 0 Å². The van der Waals surface area contributed by atoms with E-state index in [2.05, 4.69) is 6.92 Å². The van der Waals surface area contributed by atoms with Crippen LogP contribution in [-0.2, 0) is 5.54 Å². The molecular formula is C17H17F2N. The Morgan fingerprint density at radius 3 is 2.60 bits per heavy atom. The monoisotopic (exact) mass is 273 g/mol. The van der Waals surface area contributed by atoms with Crippen molar-refractivity contribution in [2.45, 2.75) is 31.2 Å². The molecule has 1 aliphatic rings. The first-order chi connectivity index (χ1) is 9.52. The van der Waals surface area contributed by atoms with Gasteiger partial charge in [-0.2, -0.15) is 0 Å². The van der Waals surface area contributed by atoms with Gasteiger partial charge in [0.15, 0.2) is 0 Å². The van der Waals surface area contributed by atoms with Gasteiger partial charge < -0.3 is 5.73 Å². The Labute approximate surface area is 117 Å². The van der Waals surface area contributed by atoms with Crippen molar-refractivity contribution < 1.29 is 8.78 Å². The number of fused-ring (bicyclic) bond motifs is 1. The van der Waals surface area contributed by atoms with Crippen molar-refractivity contribution in [1.82, 2.24) is 0 Å². The highest BCUT2D eigenvalue weighted by Crippen LogP contribution is 2.44. The maximum Gasteiger partial charge on any atom is 0.131 e. The van der Waals surface area contributed by atoms with Gasteiger partial charge in [0.2, 0.25) is 0 Å². The summed E-state index contributed by atoms with van der Waals surface area (Å²) >= 11 is 0. The van der Waals surface area contributed by atoms with Gasteiger partial charge in [0.25, 0.3) is 0 Å². The molecule has 0 fully saturated rings. The fourth-order valence-corrected chi connectivity index (χ4v) is 3.20. The van der Waals surface area contributed by atoms with E-state index >= 15 is 0 Å². The quantitative estimate of drug-likeness (QED) is 0.833. The molecule has 2 atom stereocenters. The molecule has 1 nitrogen and oxygen atoms in total. The maximum absolute atomic E-state index is 14.2. The Balaban J connectivity index is 2.20. The highest BCUT2D eigenvalue weighted by atomic mass is 19.1. The number of rotatable bonds is 1. The van der Waals surface area contributed by atoms with Crippen LogP contribution in [0.1, 0.15) is 42.4 Å². The van der Waals surface area contributed by atoms with Gasteiger partial charge >= 0.3 is 0 Å². The van der Waals surface area contributed by atoms with Crippen LogP contribution in [0.3, 0.4) is 0 Å². The standard InChI is InChI=1S/C17H17F2N/c1-11-8-9-17(20,14-5-3-2-4-13(11)14)15-7-6-12(18)10-16(15)19/h2-7,10-11H,8-9,20H2,1H3. The van der Waals surface area contributed by atoms with Crippen LogP contribution in [0, 0.1) is 11.6 Å².